The lowest BCUT2D eigenvalue weighted by atomic mass is 9.84. The van der Waals surface area contributed by atoms with Crippen LogP contribution in [0.1, 0.15) is 32.3 Å². The number of rotatable bonds is 5. The Hall–Kier alpha value is -1.59. The first-order chi connectivity index (χ1) is 10.4. The molecule has 1 aliphatic rings. The second kappa shape index (κ2) is 7.11. The van der Waals surface area contributed by atoms with Crippen LogP contribution in [0.2, 0.25) is 0 Å². The molecule has 0 unspecified atom stereocenters. The van der Waals surface area contributed by atoms with Gasteiger partial charge in [0, 0.05) is 18.9 Å². The highest BCUT2D eigenvalue weighted by molar-refractivity contribution is 5.77. The van der Waals surface area contributed by atoms with Crippen LogP contribution in [-0.2, 0) is 10.4 Å². The topological polar surface area (TPSA) is 63.0 Å². The van der Waals surface area contributed by atoms with Crippen LogP contribution in [0.15, 0.2) is 24.3 Å². The Morgan fingerprint density at radius 3 is 2.41 bits per heavy atom. The lowest BCUT2D eigenvalue weighted by molar-refractivity contribution is -0.900. The zero-order valence-electron chi connectivity index (χ0n) is 13.7. The highest BCUT2D eigenvalue weighted by Crippen LogP contribution is 2.30. The molecule has 1 aliphatic heterocycles. The van der Waals surface area contributed by atoms with Crippen LogP contribution in [0.5, 0.6) is 5.75 Å². The predicted molar refractivity (Wildman–Crippen MR) is 85.0 cm³/mol. The standard InChI is InChI=1S/C17H26N2O3/c1-13(2)18-16(20)12-19-10-8-17(21,9-11-19)14-4-6-15(22-3)7-5-14/h4-7,13,21H,8-12H2,1-3H3,(H,18,20)/p+1. The molecule has 5 heteroatoms. The van der Waals surface area contributed by atoms with Gasteiger partial charge in [0.05, 0.1) is 20.2 Å². The molecule has 0 atom stereocenters. The van der Waals surface area contributed by atoms with E-state index in [-0.39, 0.29) is 11.9 Å². The molecule has 5 nitrogen and oxygen atoms in total. The maximum absolute atomic E-state index is 11.8. The van der Waals surface area contributed by atoms with E-state index in [1.165, 1.54) is 4.90 Å². The van der Waals surface area contributed by atoms with Crippen molar-refractivity contribution in [3.63, 3.8) is 0 Å². The Labute approximate surface area is 132 Å². The van der Waals surface area contributed by atoms with Gasteiger partial charge < -0.3 is 20.1 Å². The summed E-state index contributed by atoms with van der Waals surface area (Å²) in [6.45, 7) is 6.01. The summed E-state index contributed by atoms with van der Waals surface area (Å²) in [5, 5.41) is 13.8. The molecule has 0 aromatic heterocycles. The smallest absolute Gasteiger partial charge is 0.275 e. The fourth-order valence-corrected chi connectivity index (χ4v) is 2.98. The molecule has 0 bridgehead atoms. The minimum atomic E-state index is -0.787. The van der Waals surface area contributed by atoms with E-state index in [1.807, 2.05) is 38.1 Å². The summed E-state index contributed by atoms with van der Waals surface area (Å²) in [6.07, 6.45) is 1.34. The second-order valence-electron chi connectivity index (χ2n) is 6.41. The van der Waals surface area contributed by atoms with Crippen LogP contribution in [-0.4, -0.2) is 43.8 Å². The van der Waals surface area contributed by atoms with Crippen LogP contribution in [0.4, 0.5) is 0 Å². The van der Waals surface area contributed by atoms with Crippen LogP contribution < -0.4 is 15.0 Å². The van der Waals surface area contributed by atoms with Gasteiger partial charge >= 0.3 is 0 Å². The summed E-state index contributed by atoms with van der Waals surface area (Å²) in [5.74, 6) is 0.876. The molecule has 1 aromatic rings. The van der Waals surface area contributed by atoms with E-state index in [1.54, 1.807) is 7.11 Å². The van der Waals surface area contributed by atoms with Gasteiger partial charge in [0.25, 0.3) is 5.91 Å². The third-order valence-electron chi connectivity index (χ3n) is 4.27. The summed E-state index contributed by atoms with van der Waals surface area (Å²) in [4.78, 5) is 13.0. The van der Waals surface area contributed by atoms with Crippen molar-refractivity contribution in [1.29, 1.82) is 0 Å². The first-order valence-corrected chi connectivity index (χ1v) is 7.93. The fourth-order valence-electron chi connectivity index (χ4n) is 2.98. The molecule has 0 spiro atoms. The van der Waals surface area contributed by atoms with Gasteiger partial charge in [-0.05, 0) is 31.5 Å². The third-order valence-corrected chi connectivity index (χ3v) is 4.27. The minimum absolute atomic E-state index is 0.0832. The monoisotopic (exact) mass is 307 g/mol. The fraction of sp³-hybridized carbons (Fsp3) is 0.588. The summed E-state index contributed by atoms with van der Waals surface area (Å²) in [6, 6.07) is 7.78. The van der Waals surface area contributed by atoms with Crippen molar-refractivity contribution >= 4 is 5.91 Å². The van der Waals surface area contributed by atoms with E-state index in [0.29, 0.717) is 19.4 Å². The third kappa shape index (κ3) is 4.21. The number of amides is 1. The number of methoxy groups -OCH3 is 1. The SMILES string of the molecule is COc1ccc(C2(O)CC[NH+](CC(=O)NC(C)C)CC2)cc1. The first-order valence-electron chi connectivity index (χ1n) is 7.93. The Morgan fingerprint density at radius 1 is 1.32 bits per heavy atom. The number of benzene rings is 1. The number of hydrogen-bond donors (Lipinski definition) is 3. The molecule has 1 amide bonds. The number of likely N-dealkylation sites (tertiary alicyclic amines) is 1. The van der Waals surface area contributed by atoms with E-state index in [9.17, 15) is 9.90 Å². The number of piperidine rings is 1. The molecule has 0 radical (unpaired) electrons. The summed E-state index contributed by atoms with van der Waals surface area (Å²) in [7, 11) is 1.63. The van der Waals surface area contributed by atoms with Crippen molar-refractivity contribution in [2.24, 2.45) is 0 Å². The molecular weight excluding hydrogens is 280 g/mol. The lowest BCUT2D eigenvalue weighted by Crippen LogP contribution is -3.14. The summed E-state index contributed by atoms with van der Waals surface area (Å²) in [5.41, 5.74) is 0.142. The van der Waals surface area contributed by atoms with Gasteiger partial charge in [0.1, 0.15) is 11.4 Å². The van der Waals surface area contributed by atoms with E-state index >= 15 is 0 Å². The molecule has 2 rings (SSSR count). The maximum Gasteiger partial charge on any atom is 0.275 e. The molecule has 122 valence electrons. The highest BCUT2D eigenvalue weighted by Gasteiger charge is 2.36. The number of aliphatic hydroxyl groups is 1. The zero-order valence-corrected chi connectivity index (χ0v) is 13.7. The molecule has 0 saturated carbocycles. The average molecular weight is 307 g/mol. The van der Waals surface area contributed by atoms with Crippen molar-refractivity contribution < 1.29 is 19.5 Å². The van der Waals surface area contributed by atoms with Gasteiger partial charge in [-0.3, -0.25) is 4.79 Å². The molecular formula is C17H27N2O3+. The van der Waals surface area contributed by atoms with Crippen molar-refractivity contribution in [3.8, 4) is 5.75 Å². The summed E-state index contributed by atoms with van der Waals surface area (Å²) < 4.78 is 5.15. The molecule has 0 aliphatic carbocycles. The van der Waals surface area contributed by atoms with Crippen molar-refractivity contribution in [2.45, 2.75) is 38.3 Å². The molecule has 1 saturated heterocycles. The minimum Gasteiger partial charge on any atom is -0.497 e. The van der Waals surface area contributed by atoms with Crippen molar-refractivity contribution in [1.82, 2.24) is 5.32 Å². The van der Waals surface area contributed by atoms with Crippen molar-refractivity contribution in [2.75, 3.05) is 26.7 Å². The van der Waals surface area contributed by atoms with Gasteiger partial charge in [-0.15, -0.1) is 0 Å². The van der Waals surface area contributed by atoms with Gasteiger partial charge in [0.15, 0.2) is 6.54 Å². The summed E-state index contributed by atoms with van der Waals surface area (Å²) >= 11 is 0. The predicted octanol–water partition coefficient (Wildman–Crippen LogP) is 0.0861. The Kier molecular flexibility index (Phi) is 5.42. The Morgan fingerprint density at radius 2 is 1.91 bits per heavy atom. The number of quaternary nitrogens is 1. The van der Waals surface area contributed by atoms with Crippen molar-refractivity contribution in [3.05, 3.63) is 29.8 Å². The second-order valence-corrected chi connectivity index (χ2v) is 6.41. The zero-order chi connectivity index (χ0) is 16.2. The number of hydrogen-bond acceptors (Lipinski definition) is 3. The molecule has 3 N–H and O–H groups in total. The molecule has 22 heavy (non-hydrogen) atoms. The highest BCUT2D eigenvalue weighted by atomic mass is 16.5. The number of carbonyl (C=O) groups excluding carboxylic acids is 1. The van der Waals surface area contributed by atoms with Crippen LogP contribution in [0, 0.1) is 0 Å². The average Bonchev–Trinajstić information content (AvgIpc) is 2.49. The van der Waals surface area contributed by atoms with Gasteiger partial charge in [0.2, 0.25) is 0 Å². The maximum atomic E-state index is 11.8. The first kappa shape index (κ1) is 16.8. The molecule has 1 heterocycles. The van der Waals surface area contributed by atoms with Crippen LogP contribution >= 0.6 is 0 Å². The number of carbonyl (C=O) groups is 1. The normalized spacial score (nSPS) is 25.0. The Bertz CT molecular complexity index is 491. The van der Waals surface area contributed by atoms with Crippen LogP contribution in [0.25, 0.3) is 0 Å². The molecule has 1 aromatic carbocycles. The van der Waals surface area contributed by atoms with Gasteiger partial charge in [-0.25, -0.2) is 0 Å². The largest absolute Gasteiger partial charge is 0.497 e. The van der Waals surface area contributed by atoms with E-state index in [4.69, 9.17) is 4.74 Å². The van der Waals surface area contributed by atoms with E-state index in [0.717, 1.165) is 24.4 Å². The van der Waals surface area contributed by atoms with Gasteiger partial charge in [-0.1, -0.05) is 12.1 Å². The quantitative estimate of drug-likeness (QED) is 0.722. The van der Waals surface area contributed by atoms with Crippen LogP contribution in [0.3, 0.4) is 0 Å². The number of ether oxygens (including phenoxy) is 1. The Balaban J connectivity index is 1.90. The van der Waals surface area contributed by atoms with E-state index < -0.39 is 5.60 Å². The van der Waals surface area contributed by atoms with E-state index in [2.05, 4.69) is 5.32 Å². The number of nitrogens with one attached hydrogen (secondary N) is 2. The van der Waals surface area contributed by atoms with Gasteiger partial charge in [-0.2, -0.15) is 0 Å². The lowest BCUT2D eigenvalue weighted by Gasteiger charge is -2.36. The molecule has 1 fully saturated rings.